The van der Waals surface area contributed by atoms with Crippen molar-refractivity contribution in [3.8, 4) is 11.5 Å². The average Bonchev–Trinajstić information content (AvgIpc) is 2.68. The van der Waals surface area contributed by atoms with Gasteiger partial charge < -0.3 is 14.8 Å². The van der Waals surface area contributed by atoms with Gasteiger partial charge in [0.1, 0.15) is 11.5 Å². The van der Waals surface area contributed by atoms with Crippen molar-refractivity contribution in [3.63, 3.8) is 0 Å². The quantitative estimate of drug-likeness (QED) is 0.480. The predicted molar refractivity (Wildman–Crippen MR) is 115 cm³/mol. The molecule has 152 valence electrons. The molecule has 2 rings (SSSR count). The number of unbranched alkanes of at least 4 members (excludes halogenated alkanes) is 4. The minimum atomic E-state index is -0.584. The fraction of sp³-hybridized carbons (Fsp3) is 0.458. The van der Waals surface area contributed by atoms with Crippen LogP contribution in [0.1, 0.15) is 57.1 Å². The van der Waals surface area contributed by atoms with Crippen LogP contribution in [0.5, 0.6) is 11.5 Å². The lowest BCUT2D eigenvalue weighted by Gasteiger charge is -2.18. The van der Waals surface area contributed by atoms with E-state index < -0.39 is 6.10 Å². The largest absolute Gasteiger partial charge is 0.494 e. The van der Waals surface area contributed by atoms with Crippen molar-refractivity contribution in [2.24, 2.45) is 0 Å². The summed E-state index contributed by atoms with van der Waals surface area (Å²) >= 11 is 0. The molecular formula is C24H33NO3. The molecule has 0 bridgehead atoms. The van der Waals surface area contributed by atoms with E-state index in [1.54, 1.807) is 6.92 Å². The molecule has 0 radical (unpaired) electrons. The Labute approximate surface area is 169 Å². The number of para-hydroxylation sites is 1. The van der Waals surface area contributed by atoms with Crippen molar-refractivity contribution in [3.05, 3.63) is 53.6 Å². The number of rotatable bonds is 11. The molecular weight excluding hydrogens is 350 g/mol. The number of ether oxygens (including phenoxy) is 2. The smallest absolute Gasteiger partial charge is 0.265 e. The summed E-state index contributed by atoms with van der Waals surface area (Å²) in [5.74, 6) is 1.42. The van der Waals surface area contributed by atoms with E-state index in [4.69, 9.17) is 9.47 Å². The number of aryl methyl sites for hydroxylation is 2. The highest BCUT2D eigenvalue weighted by Gasteiger charge is 2.17. The van der Waals surface area contributed by atoms with Crippen LogP contribution in [0.4, 0.5) is 5.69 Å². The van der Waals surface area contributed by atoms with Gasteiger partial charge >= 0.3 is 0 Å². The summed E-state index contributed by atoms with van der Waals surface area (Å²) < 4.78 is 11.7. The highest BCUT2D eigenvalue weighted by atomic mass is 16.5. The maximum atomic E-state index is 12.5. The van der Waals surface area contributed by atoms with Crippen LogP contribution in [0.15, 0.2) is 42.5 Å². The van der Waals surface area contributed by atoms with Crippen LogP contribution in [0.2, 0.25) is 0 Å². The second-order valence-corrected chi connectivity index (χ2v) is 7.26. The number of hydrogen-bond donors (Lipinski definition) is 1. The second kappa shape index (κ2) is 11.4. The molecule has 4 nitrogen and oxygen atoms in total. The minimum Gasteiger partial charge on any atom is -0.494 e. The average molecular weight is 384 g/mol. The third-order valence-corrected chi connectivity index (χ3v) is 4.71. The molecule has 4 heteroatoms. The number of benzene rings is 2. The molecule has 0 aromatic heterocycles. The Bertz CT molecular complexity index is 720. The Morgan fingerprint density at radius 1 is 0.964 bits per heavy atom. The molecule has 2 aromatic carbocycles. The Morgan fingerprint density at radius 3 is 2.25 bits per heavy atom. The highest BCUT2D eigenvalue weighted by molar-refractivity contribution is 5.94. The van der Waals surface area contributed by atoms with Gasteiger partial charge in [-0.05, 0) is 62.6 Å². The highest BCUT2D eigenvalue weighted by Crippen LogP contribution is 2.24. The second-order valence-electron chi connectivity index (χ2n) is 7.26. The van der Waals surface area contributed by atoms with Crippen LogP contribution in [0, 0.1) is 13.8 Å². The lowest BCUT2D eigenvalue weighted by atomic mass is 10.1. The summed E-state index contributed by atoms with van der Waals surface area (Å²) in [6.07, 6.45) is 5.51. The molecule has 0 saturated heterocycles. The third kappa shape index (κ3) is 6.91. The molecule has 0 saturated carbocycles. The van der Waals surface area contributed by atoms with Gasteiger partial charge in [0.25, 0.3) is 5.91 Å². The SMILES string of the molecule is CCCCCCCOc1ccc(NC(=O)[C@H](C)Oc2c(C)cccc2C)cc1. The Hall–Kier alpha value is -2.49. The number of hydrogen-bond acceptors (Lipinski definition) is 3. The van der Waals surface area contributed by atoms with E-state index in [9.17, 15) is 4.79 Å². The molecule has 0 spiro atoms. The van der Waals surface area contributed by atoms with Gasteiger partial charge in [0.05, 0.1) is 6.61 Å². The number of anilines is 1. The first-order valence-corrected chi connectivity index (χ1v) is 10.3. The zero-order valence-corrected chi connectivity index (χ0v) is 17.6. The molecule has 0 unspecified atom stereocenters. The minimum absolute atomic E-state index is 0.174. The number of amides is 1. The van der Waals surface area contributed by atoms with Crippen molar-refractivity contribution < 1.29 is 14.3 Å². The monoisotopic (exact) mass is 383 g/mol. The third-order valence-electron chi connectivity index (χ3n) is 4.71. The van der Waals surface area contributed by atoms with Crippen LogP contribution in [-0.2, 0) is 4.79 Å². The maximum absolute atomic E-state index is 12.5. The predicted octanol–water partition coefficient (Wildman–Crippen LogP) is 6.06. The van der Waals surface area contributed by atoms with Gasteiger partial charge in [0, 0.05) is 5.69 Å². The zero-order chi connectivity index (χ0) is 20.4. The van der Waals surface area contributed by atoms with Crippen molar-refractivity contribution in [2.75, 3.05) is 11.9 Å². The fourth-order valence-electron chi connectivity index (χ4n) is 2.99. The molecule has 1 atom stereocenters. The molecule has 2 aromatic rings. The molecule has 0 aliphatic rings. The first-order chi connectivity index (χ1) is 13.5. The molecule has 0 heterocycles. The van der Waals surface area contributed by atoms with E-state index in [1.165, 1.54) is 25.7 Å². The summed E-state index contributed by atoms with van der Waals surface area (Å²) in [6.45, 7) is 8.67. The maximum Gasteiger partial charge on any atom is 0.265 e. The van der Waals surface area contributed by atoms with Crippen molar-refractivity contribution in [1.82, 2.24) is 0 Å². The standard InChI is InChI=1S/C24H33NO3/c1-5-6-7-8-9-17-27-22-15-13-21(14-16-22)25-24(26)20(4)28-23-18(2)11-10-12-19(23)3/h10-16,20H,5-9,17H2,1-4H3,(H,25,26)/t20-/m0/s1. The lowest BCUT2D eigenvalue weighted by Crippen LogP contribution is -2.30. The van der Waals surface area contributed by atoms with E-state index in [1.807, 2.05) is 56.3 Å². The van der Waals surface area contributed by atoms with E-state index in [-0.39, 0.29) is 5.91 Å². The van der Waals surface area contributed by atoms with Gasteiger partial charge in [-0.15, -0.1) is 0 Å². The van der Waals surface area contributed by atoms with Gasteiger partial charge in [-0.1, -0.05) is 50.8 Å². The first-order valence-electron chi connectivity index (χ1n) is 10.3. The Kier molecular flexibility index (Phi) is 8.86. The van der Waals surface area contributed by atoms with Gasteiger partial charge in [-0.25, -0.2) is 0 Å². The number of carbonyl (C=O) groups is 1. The van der Waals surface area contributed by atoms with E-state index in [2.05, 4.69) is 12.2 Å². The van der Waals surface area contributed by atoms with Crippen LogP contribution in [0.25, 0.3) is 0 Å². The Morgan fingerprint density at radius 2 is 1.61 bits per heavy atom. The summed E-state index contributed by atoms with van der Waals surface area (Å²) in [4.78, 5) is 12.5. The van der Waals surface area contributed by atoms with Crippen LogP contribution >= 0.6 is 0 Å². The summed E-state index contributed by atoms with van der Waals surface area (Å²) in [6, 6.07) is 13.4. The number of carbonyl (C=O) groups excluding carboxylic acids is 1. The molecule has 1 N–H and O–H groups in total. The van der Waals surface area contributed by atoms with Crippen molar-refractivity contribution >= 4 is 11.6 Å². The molecule has 0 aliphatic heterocycles. The van der Waals surface area contributed by atoms with Crippen molar-refractivity contribution in [2.45, 2.75) is 65.9 Å². The van der Waals surface area contributed by atoms with Crippen LogP contribution in [-0.4, -0.2) is 18.6 Å². The summed E-state index contributed by atoms with van der Waals surface area (Å²) in [7, 11) is 0. The number of nitrogens with one attached hydrogen (secondary N) is 1. The van der Waals surface area contributed by atoms with Gasteiger partial charge in [-0.2, -0.15) is 0 Å². The lowest BCUT2D eigenvalue weighted by molar-refractivity contribution is -0.122. The van der Waals surface area contributed by atoms with E-state index in [0.29, 0.717) is 0 Å². The van der Waals surface area contributed by atoms with E-state index in [0.717, 1.165) is 41.3 Å². The van der Waals surface area contributed by atoms with Crippen LogP contribution in [0.3, 0.4) is 0 Å². The Balaban J connectivity index is 1.80. The summed E-state index contributed by atoms with van der Waals surface area (Å²) in [5.41, 5.74) is 2.78. The normalized spacial score (nSPS) is 11.7. The zero-order valence-electron chi connectivity index (χ0n) is 17.6. The summed E-state index contributed by atoms with van der Waals surface area (Å²) in [5, 5.41) is 2.90. The van der Waals surface area contributed by atoms with Gasteiger partial charge in [-0.3, -0.25) is 4.79 Å². The topological polar surface area (TPSA) is 47.6 Å². The molecule has 0 fully saturated rings. The molecule has 0 aliphatic carbocycles. The van der Waals surface area contributed by atoms with Crippen LogP contribution < -0.4 is 14.8 Å². The van der Waals surface area contributed by atoms with Gasteiger partial charge in [0.15, 0.2) is 6.10 Å². The fourth-order valence-corrected chi connectivity index (χ4v) is 2.99. The first kappa shape index (κ1) is 21.8. The van der Waals surface area contributed by atoms with E-state index >= 15 is 0 Å². The van der Waals surface area contributed by atoms with Gasteiger partial charge in [0.2, 0.25) is 0 Å². The van der Waals surface area contributed by atoms with Crippen molar-refractivity contribution in [1.29, 1.82) is 0 Å². The molecule has 1 amide bonds. The molecule has 28 heavy (non-hydrogen) atoms.